The summed E-state index contributed by atoms with van der Waals surface area (Å²) in [5.74, 6) is 0. The lowest BCUT2D eigenvalue weighted by Gasteiger charge is -2.08. The van der Waals surface area contributed by atoms with Gasteiger partial charge in [0.2, 0.25) is 0 Å². The Morgan fingerprint density at radius 3 is 2.09 bits per heavy atom. The summed E-state index contributed by atoms with van der Waals surface area (Å²) in [6.07, 6.45) is 19.0. The fraction of sp³-hybridized carbons (Fsp3) is 0.619. The molecule has 0 aliphatic carbocycles. The van der Waals surface area contributed by atoms with Crippen molar-refractivity contribution in [2.24, 2.45) is 5.73 Å². The molecular weight excluding hydrogens is 266 g/mol. The number of rotatable bonds is 13. The van der Waals surface area contributed by atoms with Gasteiger partial charge in [-0.3, -0.25) is 0 Å². The zero-order valence-electron chi connectivity index (χ0n) is 14.5. The van der Waals surface area contributed by atoms with E-state index in [1.54, 1.807) is 0 Å². The Balaban J connectivity index is 1.93. The predicted octanol–water partition coefficient (Wildman–Crippen LogP) is 6.34. The molecule has 0 aliphatic heterocycles. The van der Waals surface area contributed by atoms with E-state index >= 15 is 0 Å². The van der Waals surface area contributed by atoms with Crippen LogP contribution in [0.3, 0.4) is 0 Å². The van der Waals surface area contributed by atoms with Gasteiger partial charge in [-0.1, -0.05) is 107 Å². The minimum Gasteiger partial charge on any atom is -0.327 e. The van der Waals surface area contributed by atoms with Gasteiger partial charge in [0, 0.05) is 6.04 Å². The Morgan fingerprint density at radius 1 is 0.864 bits per heavy atom. The highest BCUT2D eigenvalue weighted by atomic mass is 14.6. The molecule has 1 heteroatoms. The summed E-state index contributed by atoms with van der Waals surface area (Å²) in [6.45, 7) is 2.28. The van der Waals surface area contributed by atoms with Crippen LogP contribution in [0.4, 0.5) is 0 Å². The largest absolute Gasteiger partial charge is 0.327 e. The van der Waals surface area contributed by atoms with Gasteiger partial charge in [0.15, 0.2) is 0 Å². The number of hydrogen-bond acceptors (Lipinski definition) is 1. The summed E-state index contributed by atoms with van der Waals surface area (Å²) in [7, 11) is 0. The SMILES string of the molecule is CCCCCCCCCCCC(N)CC=Cc1ccccc1. The molecule has 1 aromatic rings. The lowest BCUT2D eigenvalue weighted by atomic mass is 10.0. The van der Waals surface area contributed by atoms with Gasteiger partial charge in [-0.25, -0.2) is 0 Å². The number of benzene rings is 1. The summed E-state index contributed by atoms with van der Waals surface area (Å²) in [5.41, 5.74) is 7.44. The van der Waals surface area contributed by atoms with Crippen molar-refractivity contribution in [3.05, 3.63) is 42.0 Å². The second-order valence-corrected chi connectivity index (χ2v) is 6.43. The Hall–Kier alpha value is -1.08. The molecule has 0 bridgehead atoms. The second kappa shape index (κ2) is 13.6. The molecule has 22 heavy (non-hydrogen) atoms. The summed E-state index contributed by atoms with van der Waals surface area (Å²) in [6, 6.07) is 10.8. The molecule has 1 nitrogen and oxygen atoms in total. The lowest BCUT2D eigenvalue weighted by molar-refractivity contribution is 0.525. The van der Waals surface area contributed by atoms with E-state index in [1.807, 2.05) is 6.07 Å². The zero-order chi connectivity index (χ0) is 15.9. The molecule has 0 fully saturated rings. The molecule has 0 aliphatic rings. The second-order valence-electron chi connectivity index (χ2n) is 6.43. The number of hydrogen-bond donors (Lipinski definition) is 1. The molecule has 124 valence electrons. The number of nitrogens with two attached hydrogens (primary N) is 1. The van der Waals surface area contributed by atoms with Gasteiger partial charge in [0.25, 0.3) is 0 Å². The molecule has 1 atom stereocenters. The molecule has 0 spiro atoms. The van der Waals surface area contributed by atoms with Crippen LogP contribution >= 0.6 is 0 Å². The van der Waals surface area contributed by atoms with E-state index in [2.05, 4.69) is 43.3 Å². The van der Waals surface area contributed by atoms with Crippen molar-refractivity contribution in [3.63, 3.8) is 0 Å². The van der Waals surface area contributed by atoms with Crippen molar-refractivity contribution in [2.45, 2.75) is 83.6 Å². The van der Waals surface area contributed by atoms with Crippen LogP contribution in [0.25, 0.3) is 6.08 Å². The maximum absolute atomic E-state index is 6.18. The first-order valence-electron chi connectivity index (χ1n) is 9.30. The standard InChI is InChI=1S/C21H35N/c1-2-3-4-5-6-7-8-9-13-18-21(22)19-14-17-20-15-11-10-12-16-20/h10-12,14-17,21H,2-9,13,18-19,22H2,1H3. The average Bonchev–Trinajstić information content (AvgIpc) is 2.54. The first-order chi connectivity index (χ1) is 10.8. The van der Waals surface area contributed by atoms with Crippen molar-refractivity contribution >= 4 is 6.08 Å². The first-order valence-corrected chi connectivity index (χ1v) is 9.30. The van der Waals surface area contributed by atoms with Crippen LogP contribution in [0.2, 0.25) is 0 Å². The minimum atomic E-state index is 0.324. The van der Waals surface area contributed by atoms with E-state index in [0.29, 0.717) is 6.04 Å². The Labute approximate surface area is 138 Å². The summed E-state index contributed by atoms with van der Waals surface area (Å²) in [5, 5.41) is 0. The van der Waals surface area contributed by atoms with Crippen molar-refractivity contribution in [2.75, 3.05) is 0 Å². The highest BCUT2D eigenvalue weighted by Crippen LogP contribution is 2.12. The van der Waals surface area contributed by atoms with E-state index in [4.69, 9.17) is 5.73 Å². The van der Waals surface area contributed by atoms with Crippen molar-refractivity contribution in [1.29, 1.82) is 0 Å². The summed E-state index contributed by atoms with van der Waals surface area (Å²) < 4.78 is 0. The van der Waals surface area contributed by atoms with E-state index in [9.17, 15) is 0 Å². The van der Waals surface area contributed by atoms with E-state index in [-0.39, 0.29) is 0 Å². The first kappa shape index (κ1) is 19.0. The third kappa shape index (κ3) is 10.6. The molecule has 2 N–H and O–H groups in total. The van der Waals surface area contributed by atoms with Crippen LogP contribution in [0.5, 0.6) is 0 Å². The van der Waals surface area contributed by atoms with Gasteiger partial charge in [-0.15, -0.1) is 0 Å². The van der Waals surface area contributed by atoms with Gasteiger partial charge in [0.1, 0.15) is 0 Å². The van der Waals surface area contributed by atoms with Crippen molar-refractivity contribution in [1.82, 2.24) is 0 Å². The van der Waals surface area contributed by atoms with Gasteiger partial charge in [-0.2, -0.15) is 0 Å². The minimum absolute atomic E-state index is 0.324. The molecule has 0 radical (unpaired) electrons. The fourth-order valence-electron chi connectivity index (χ4n) is 2.78. The fourth-order valence-corrected chi connectivity index (χ4v) is 2.78. The van der Waals surface area contributed by atoms with E-state index < -0.39 is 0 Å². The smallest absolute Gasteiger partial charge is 0.00735 e. The Bertz CT molecular complexity index is 369. The Kier molecular flexibility index (Phi) is 11.7. The third-order valence-electron chi connectivity index (χ3n) is 4.23. The van der Waals surface area contributed by atoms with Crippen LogP contribution in [-0.2, 0) is 0 Å². The molecule has 0 amide bonds. The molecule has 0 heterocycles. The van der Waals surface area contributed by atoms with E-state index in [1.165, 1.54) is 63.4 Å². The average molecular weight is 302 g/mol. The number of unbranched alkanes of at least 4 members (excludes halogenated alkanes) is 8. The summed E-state index contributed by atoms with van der Waals surface area (Å²) in [4.78, 5) is 0. The van der Waals surface area contributed by atoms with Crippen LogP contribution in [-0.4, -0.2) is 6.04 Å². The zero-order valence-corrected chi connectivity index (χ0v) is 14.5. The maximum Gasteiger partial charge on any atom is 0.00735 e. The highest BCUT2D eigenvalue weighted by Gasteiger charge is 2.00. The predicted molar refractivity (Wildman–Crippen MR) is 99.9 cm³/mol. The monoisotopic (exact) mass is 301 g/mol. The quantitative estimate of drug-likeness (QED) is 0.423. The molecule has 1 aromatic carbocycles. The van der Waals surface area contributed by atoms with Crippen molar-refractivity contribution < 1.29 is 0 Å². The van der Waals surface area contributed by atoms with Crippen LogP contribution in [0.1, 0.15) is 83.1 Å². The molecule has 1 unspecified atom stereocenters. The van der Waals surface area contributed by atoms with Crippen LogP contribution < -0.4 is 5.73 Å². The van der Waals surface area contributed by atoms with E-state index in [0.717, 1.165) is 12.8 Å². The molecule has 0 saturated carbocycles. The highest BCUT2D eigenvalue weighted by molar-refractivity contribution is 5.48. The van der Waals surface area contributed by atoms with Gasteiger partial charge in [-0.05, 0) is 18.4 Å². The van der Waals surface area contributed by atoms with Gasteiger partial charge < -0.3 is 5.73 Å². The normalized spacial score (nSPS) is 12.8. The van der Waals surface area contributed by atoms with Gasteiger partial charge in [0.05, 0.1) is 0 Å². The topological polar surface area (TPSA) is 26.0 Å². The molecular formula is C21H35N. The lowest BCUT2D eigenvalue weighted by Crippen LogP contribution is -2.18. The maximum atomic E-state index is 6.18. The summed E-state index contributed by atoms with van der Waals surface area (Å²) >= 11 is 0. The Morgan fingerprint density at radius 2 is 1.45 bits per heavy atom. The van der Waals surface area contributed by atoms with Crippen molar-refractivity contribution in [3.8, 4) is 0 Å². The molecule has 0 saturated heterocycles. The third-order valence-corrected chi connectivity index (χ3v) is 4.23. The molecule has 1 rings (SSSR count). The van der Waals surface area contributed by atoms with Crippen LogP contribution in [0.15, 0.2) is 36.4 Å². The molecule has 0 aromatic heterocycles. The van der Waals surface area contributed by atoms with Crippen LogP contribution in [0, 0.1) is 0 Å². The van der Waals surface area contributed by atoms with Gasteiger partial charge >= 0.3 is 0 Å².